The Kier molecular flexibility index (Phi) is 5.12. The Morgan fingerprint density at radius 3 is 2.25 bits per heavy atom. The molecule has 1 amide bonds. The summed E-state index contributed by atoms with van der Waals surface area (Å²) in [5.41, 5.74) is 0.667. The Morgan fingerprint density at radius 2 is 1.80 bits per heavy atom. The van der Waals surface area contributed by atoms with Gasteiger partial charge in [-0.25, -0.2) is 0 Å². The maximum atomic E-state index is 12.4. The van der Waals surface area contributed by atoms with E-state index in [0.717, 1.165) is 7.05 Å². The molecule has 0 unspecified atom stereocenters. The zero-order valence-electron chi connectivity index (χ0n) is 10.7. The Hall–Kier alpha value is -2.05. The molecule has 0 saturated carbocycles. The number of likely N-dealkylation sites (N-methyl/N-ethyl adjacent to an activating group) is 1. The zero-order valence-corrected chi connectivity index (χ0v) is 10.7. The Labute approximate surface area is 113 Å². The van der Waals surface area contributed by atoms with Crippen LogP contribution in [0.5, 0.6) is 0 Å². The van der Waals surface area contributed by atoms with Crippen LogP contribution in [0.2, 0.25) is 0 Å². The van der Waals surface area contributed by atoms with Gasteiger partial charge >= 0.3 is 18.1 Å². The van der Waals surface area contributed by atoms with Crippen LogP contribution in [0.4, 0.5) is 13.2 Å². The van der Waals surface area contributed by atoms with Gasteiger partial charge in [0.15, 0.2) is 0 Å². The van der Waals surface area contributed by atoms with E-state index in [2.05, 4.69) is 0 Å². The molecule has 1 rings (SSSR count). The first-order chi connectivity index (χ1) is 9.21. The number of carbonyl (C=O) groups excluding carboxylic acids is 1. The van der Waals surface area contributed by atoms with Crippen LogP contribution in [0.3, 0.4) is 0 Å². The van der Waals surface area contributed by atoms with Crippen LogP contribution in [0.1, 0.15) is 12.0 Å². The molecule has 1 atom stereocenters. The fourth-order valence-corrected chi connectivity index (χ4v) is 1.80. The van der Waals surface area contributed by atoms with Gasteiger partial charge in [0.05, 0.1) is 6.42 Å². The lowest BCUT2D eigenvalue weighted by atomic mass is 10.0. The van der Waals surface area contributed by atoms with Gasteiger partial charge in [0.25, 0.3) is 0 Å². The molecule has 0 aliphatic carbocycles. The molecule has 0 radical (unpaired) electrons. The number of carboxylic acid groups (broad SMARTS) is 1. The predicted molar refractivity (Wildman–Crippen MR) is 65.0 cm³/mol. The van der Waals surface area contributed by atoms with Crippen LogP contribution < -0.4 is 0 Å². The van der Waals surface area contributed by atoms with E-state index < -0.39 is 30.5 Å². The summed E-state index contributed by atoms with van der Waals surface area (Å²) in [5, 5.41) is 8.78. The van der Waals surface area contributed by atoms with E-state index in [-0.39, 0.29) is 6.42 Å². The maximum absolute atomic E-state index is 12.4. The first-order valence-corrected chi connectivity index (χ1v) is 5.81. The molecule has 1 N–H and O–H groups in total. The van der Waals surface area contributed by atoms with Crippen LogP contribution in [0.25, 0.3) is 0 Å². The van der Waals surface area contributed by atoms with Crippen molar-refractivity contribution < 1.29 is 27.9 Å². The van der Waals surface area contributed by atoms with Crippen molar-refractivity contribution in [3.05, 3.63) is 35.9 Å². The standard InChI is InChI=1S/C13H14F3NO3/c1-17(12(20)13(14,15)16)10(8-11(18)19)7-9-5-3-2-4-6-9/h2-6,10H,7-8H2,1H3,(H,18,19)/t10-/m0/s1. The highest BCUT2D eigenvalue weighted by Crippen LogP contribution is 2.21. The normalized spacial score (nSPS) is 12.8. The van der Waals surface area contributed by atoms with Crippen molar-refractivity contribution in [2.24, 2.45) is 0 Å². The summed E-state index contributed by atoms with van der Waals surface area (Å²) in [6, 6.07) is 7.41. The molecule has 7 heteroatoms. The Morgan fingerprint density at radius 1 is 1.25 bits per heavy atom. The maximum Gasteiger partial charge on any atom is 0.471 e. The van der Waals surface area contributed by atoms with E-state index in [1.165, 1.54) is 0 Å². The summed E-state index contributed by atoms with van der Waals surface area (Å²) in [7, 11) is 0.965. The lowest BCUT2D eigenvalue weighted by Gasteiger charge is -2.27. The number of alkyl halides is 3. The minimum atomic E-state index is -5.01. The highest BCUT2D eigenvalue weighted by Gasteiger charge is 2.43. The van der Waals surface area contributed by atoms with Crippen molar-refractivity contribution in [3.8, 4) is 0 Å². The highest BCUT2D eigenvalue weighted by atomic mass is 19.4. The number of carboxylic acids is 1. The fourth-order valence-electron chi connectivity index (χ4n) is 1.80. The van der Waals surface area contributed by atoms with Crippen molar-refractivity contribution in [1.82, 2.24) is 4.90 Å². The minimum absolute atomic E-state index is 0.0471. The quantitative estimate of drug-likeness (QED) is 0.903. The molecular formula is C13H14F3NO3. The third-order valence-corrected chi connectivity index (χ3v) is 2.83. The van der Waals surface area contributed by atoms with Crippen LogP contribution in [0.15, 0.2) is 30.3 Å². The first-order valence-electron chi connectivity index (χ1n) is 5.81. The summed E-state index contributed by atoms with van der Waals surface area (Å²) in [4.78, 5) is 22.4. The molecule has 0 spiro atoms. The number of aliphatic carboxylic acids is 1. The summed E-state index contributed by atoms with van der Waals surface area (Å²) in [6.07, 6.45) is -5.51. The summed E-state index contributed by atoms with van der Waals surface area (Å²) in [5.74, 6) is -3.30. The summed E-state index contributed by atoms with van der Waals surface area (Å²) >= 11 is 0. The molecule has 110 valence electrons. The topological polar surface area (TPSA) is 57.6 Å². The van der Waals surface area contributed by atoms with Crippen molar-refractivity contribution in [3.63, 3.8) is 0 Å². The van der Waals surface area contributed by atoms with Crippen LogP contribution in [-0.2, 0) is 16.0 Å². The van der Waals surface area contributed by atoms with Crippen LogP contribution in [-0.4, -0.2) is 41.1 Å². The Balaban J connectivity index is 2.89. The third-order valence-electron chi connectivity index (χ3n) is 2.83. The number of rotatable bonds is 5. The van der Waals surface area contributed by atoms with E-state index in [4.69, 9.17) is 5.11 Å². The van der Waals surface area contributed by atoms with Gasteiger partial charge in [-0.15, -0.1) is 0 Å². The van der Waals surface area contributed by atoms with E-state index in [1.807, 2.05) is 0 Å². The fraction of sp³-hybridized carbons (Fsp3) is 0.385. The molecule has 0 fully saturated rings. The van der Waals surface area contributed by atoms with E-state index in [0.29, 0.717) is 10.5 Å². The number of hydrogen-bond acceptors (Lipinski definition) is 2. The van der Waals surface area contributed by atoms with Gasteiger partial charge in [0.2, 0.25) is 0 Å². The highest BCUT2D eigenvalue weighted by molar-refractivity contribution is 5.82. The number of carbonyl (C=O) groups is 2. The zero-order chi connectivity index (χ0) is 15.3. The van der Waals surface area contributed by atoms with Gasteiger partial charge in [-0.05, 0) is 12.0 Å². The second kappa shape index (κ2) is 6.40. The Bertz CT molecular complexity index is 473. The monoisotopic (exact) mass is 289 g/mol. The van der Waals surface area contributed by atoms with Crippen molar-refractivity contribution in [2.75, 3.05) is 7.05 Å². The second-order valence-electron chi connectivity index (χ2n) is 4.36. The third kappa shape index (κ3) is 4.56. The van der Waals surface area contributed by atoms with Gasteiger partial charge in [-0.3, -0.25) is 9.59 Å². The average Bonchev–Trinajstić information content (AvgIpc) is 2.36. The lowest BCUT2D eigenvalue weighted by molar-refractivity contribution is -0.186. The van der Waals surface area contributed by atoms with Gasteiger partial charge in [-0.1, -0.05) is 30.3 Å². The molecular weight excluding hydrogens is 275 g/mol. The molecule has 4 nitrogen and oxygen atoms in total. The number of nitrogens with zero attached hydrogens (tertiary/aromatic N) is 1. The molecule has 20 heavy (non-hydrogen) atoms. The SMILES string of the molecule is CN(C(=O)C(F)(F)F)[C@H](CC(=O)O)Cc1ccccc1. The van der Waals surface area contributed by atoms with Crippen molar-refractivity contribution in [1.29, 1.82) is 0 Å². The molecule has 0 aliphatic heterocycles. The minimum Gasteiger partial charge on any atom is -0.481 e. The number of benzene rings is 1. The van der Waals surface area contributed by atoms with Crippen LogP contribution >= 0.6 is 0 Å². The number of amides is 1. The lowest BCUT2D eigenvalue weighted by Crippen LogP contribution is -2.46. The van der Waals surface area contributed by atoms with E-state index in [1.54, 1.807) is 30.3 Å². The molecule has 0 bridgehead atoms. The van der Waals surface area contributed by atoms with Crippen molar-refractivity contribution in [2.45, 2.75) is 25.1 Å². The van der Waals surface area contributed by atoms with Gasteiger partial charge in [0.1, 0.15) is 0 Å². The number of halogens is 3. The molecule has 0 heterocycles. The molecule has 0 aliphatic rings. The largest absolute Gasteiger partial charge is 0.481 e. The van der Waals surface area contributed by atoms with E-state index >= 15 is 0 Å². The van der Waals surface area contributed by atoms with Gasteiger partial charge in [-0.2, -0.15) is 13.2 Å². The second-order valence-corrected chi connectivity index (χ2v) is 4.36. The van der Waals surface area contributed by atoms with Crippen LogP contribution in [0, 0.1) is 0 Å². The average molecular weight is 289 g/mol. The van der Waals surface area contributed by atoms with Gasteiger partial charge < -0.3 is 10.0 Å². The number of hydrogen-bond donors (Lipinski definition) is 1. The summed E-state index contributed by atoms with van der Waals surface area (Å²) < 4.78 is 37.2. The smallest absolute Gasteiger partial charge is 0.471 e. The van der Waals surface area contributed by atoms with Gasteiger partial charge in [0, 0.05) is 13.1 Å². The van der Waals surface area contributed by atoms with E-state index in [9.17, 15) is 22.8 Å². The first kappa shape index (κ1) is 16.0. The molecule has 0 aromatic heterocycles. The predicted octanol–water partition coefficient (Wildman–Crippen LogP) is 2.09. The molecule has 1 aromatic rings. The molecule has 1 aromatic carbocycles. The summed E-state index contributed by atoms with van der Waals surface area (Å²) in [6.45, 7) is 0. The van der Waals surface area contributed by atoms with Crippen molar-refractivity contribution >= 4 is 11.9 Å². The molecule has 0 saturated heterocycles.